The first kappa shape index (κ1) is 13.9. The van der Waals surface area contributed by atoms with Crippen molar-refractivity contribution in [2.75, 3.05) is 20.2 Å². The van der Waals surface area contributed by atoms with Gasteiger partial charge < -0.3 is 15.0 Å². The minimum absolute atomic E-state index is 0.932. The SMILES string of the molecule is CCNCCCc1c(C)[nH]c2c(OC)ccc(C)c12. The fourth-order valence-electron chi connectivity index (χ4n) is 2.70. The third kappa shape index (κ3) is 2.76. The van der Waals surface area contributed by atoms with Gasteiger partial charge in [0.15, 0.2) is 0 Å². The highest BCUT2D eigenvalue weighted by Crippen LogP contribution is 2.32. The summed E-state index contributed by atoms with van der Waals surface area (Å²) in [5.74, 6) is 0.932. The van der Waals surface area contributed by atoms with Crippen LogP contribution in [0.2, 0.25) is 0 Å². The van der Waals surface area contributed by atoms with Crippen molar-refractivity contribution in [3.63, 3.8) is 0 Å². The van der Waals surface area contributed by atoms with Crippen LogP contribution in [-0.4, -0.2) is 25.2 Å². The van der Waals surface area contributed by atoms with Gasteiger partial charge >= 0.3 is 0 Å². The largest absolute Gasteiger partial charge is 0.495 e. The van der Waals surface area contributed by atoms with Crippen molar-refractivity contribution in [2.24, 2.45) is 0 Å². The van der Waals surface area contributed by atoms with Crippen LogP contribution in [0.4, 0.5) is 0 Å². The lowest BCUT2D eigenvalue weighted by Gasteiger charge is -2.06. The lowest BCUT2D eigenvalue weighted by atomic mass is 10.0. The summed E-state index contributed by atoms with van der Waals surface area (Å²) in [4.78, 5) is 3.48. The molecule has 0 atom stereocenters. The average Bonchev–Trinajstić information content (AvgIpc) is 2.73. The molecule has 0 bridgehead atoms. The molecule has 2 N–H and O–H groups in total. The normalized spacial score (nSPS) is 11.2. The Morgan fingerprint density at radius 3 is 2.74 bits per heavy atom. The summed E-state index contributed by atoms with van der Waals surface area (Å²) in [5.41, 5.74) is 5.15. The maximum atomic E-state index is 5.45. The van der Waals surface area contributed by atoms with E-state index in [1.54, 1.807) is 7.11 Å². The lowest BCUT2D eigenvalue weighted by Crippen LogP contribution is -2.14. The smallest absolute Gasteiger partial charge is 0.142 e. The molecule has 19 heavy (non-hydrogen) atoms. The van der Waals surface area contributed by atoms with Crippen LogP contribution in [0.5, 0.6) is 5.75 Å². The van der Waals surface area contributed by atoms with Crippen LogP contribution in [0.25, 0.3) is 10.9 Å². The Morgan fingerprint density at radius 2 is 2.05 bits per heavy atom. The Kier molecular flexibility index (Phi) is 4.48. The van der Waals surface area contributed by atoms with Crippen molar-refractivity contribution in [3.05, 3.63) is 29.0 Å². The zero-order valence-corrected chi connectivity index (χ0v) is 12.4. The summed E-state index contributed by atoms with van der Waals surface area (Å²) in [7, 11) is 1.73. The van der Waals surface area contributed by atoms with Gasteiger partial charge in [0.1, 0.15) is 5.75 Å². The molecule has 3 nitrogen and oxygen atoms in total. The lowest BCUT2D eigenvalue weighted by molar-refractivity contribution is 0.419. The van der Waals surface area contributed by atoms with Gasteiger partial charge in [-0.15, -0.1) is 0 Å². The van der Waals surface area contributed by atoms with E-state index in [0.717, 1.165) is 37.2 Å². The van der Waals surface area contributed by atoms with E-state index in [2.05, 4.69) is 37.1 Å². The van der Waals surface area contributed by atoms with Gasteiger partial charge in [-0.2, -0.15) is 0 Å². The third-order valence-electron chi connectivity index (χ3n) is 3.69. The van der Waals surface area contributed by atoms with Crippen LogP contribution in [0, 0.1) is 13.8 Å². The first-order valence-electron chi connectivity index (χ1n) is 7.04. The van der Waals surface area contributed by atoms with E-state index in [9.17, 15) is 0 Å². The van der Waals surface area contributed by atoms with Crippen molar-refractivity contribution >= 4 is 10.9 Å². The first-order chi connectivity index (χ1) is 9.19. The average molecular weight is 260 g/mol. The molecule has 0 aliphatic carbocycles. The number of fused-ring (bicyclic) bond motifs is 1. The van der Waals surface area contributed by atoms with Crippen LogP contribution in [0.15, 0.2) is 12.1 Å². The Labute approximate surface area is 115 Å². The Hall–Kier alpha value is -1.48. The van der Waals surface area contributed by atoms with E-state index in [-0.39, 0.29) is 0 Å². The van der Waals surface area contributed by atoms with E-state index in [4.69, 9.17) is 4.74 Å². The standard InChI is InChI=1S/C16H24N2O/c1-5-17-10-6-7-13-12(3)18-16-14(19-4)9-8-11(2)15(13)16/h8-9,17-18H,5-7,10H2,1-4H3. The monoisotopic (exact) mass is 260 g/mol. The van der Waals surface area contributed by atoms with Gasteiger partial charge in [-0.25, -0.2) is 0 Å². The number of rotatable bonds is 6. The van der Waals surface area contributed by atoms with E-state index in [1.165, 1.54) is 22.2 Å². The second-order valence-corrected chi connectivity index (χ2v) is 5.02. The van der Waals surface area contributed by atoms with Crippen LogP contribution >= 0.6 is 0 Å². The fraction of sp³-hybridized carbons (Fsp3) is 0.500. The summed E-state index contributed by atoms with van der Waals surface area (Å²) in [5, 5.41) is 4.72. The van der Waals surface area contributed by atoms with E-state index in [0.29, 0.717) is 0 Å². The molecule has 0 aliphatic rings. The summed E-state index contributed by atoms with van der Waals surface area (Å²) in [6, 6.07) is 4.18. The number of aromatic amines is 1. The van der Waals surface area contributed by atoms with Crippen LogP contribution in [-0.2, 0) is 6.42 Å². The van der Waals surface area contributed by atoms with Crippen molar-refractivity contribution in [1.82, 2.24) is 10.3 Å². The van der Waals surface area contributed by atoms with Gasteiger partial charge in [-0.3, -0.25) is 0 Å². The van der Waals surface area contributed by atoms with Gasteiger partial charge in [0, 0.05) is 11.1 Å². The molecule has 0 unspecified atom stereocenters. The number of aromatic nitrogens is 1. The zero-order valence-electron chi connectivity index (χ0n) is 12.4. The molecule has 0 fully saturated rings. The van der Waals surface area contributed by atoms with E-state index >= 15 is 0 Å². The highest BCUT2D eigenvalue weighted by Gasteiger charge is 2.13. The molecule has 0 amide bonds. The zero-order chi connectivity index (χ0) is 13.8. The van der Waals surface area contributed by atoms with Crippen molar-refractivity contribution in [2.45, 2.75) is 33.6 Å². The number of hydrogen-bond donors (Lipinski definition) is 2. The number of aryl methyl sites for hydroxylation is 3. The number of methoxy groups -OCH3 is 1. The molecule has 2 rings (SSSR count). The summed E-state index contributed by atoms with van der Waals surface area (Å²) >= 11 is 0. The predicted molar refractivity (Wildman–Crippen MR) is 81.2 cm³/mol. The second-order valence-electron chi connectivity index (χ2n) is 5.02. The predicted octanol–water partition coefficient (Wildman–Crippen LogP) is 3.34. The Bertz CT molecular complexity index is 557. The van der Waals surface area contributed by atoms with E-state index in [1.807, 2.05) is 6.07 Å². The van der Waals surface area contributed by atoms with Crippen LogP contribution in [0.3, 0.4) is 0 Å². The fourth-order valence-corrected chi connectivity index (χ4v) is 2.70. The molecule has 0 aliphatic heterocycles. The van der Waals surface area contributed by atoms with Crippen LogP contribution < -0.4 is 10.1 Å². The quantitative estimate of drug-likeness (QED) is 0.782. The molecule has 0 spiro atoms. The number of nitrogens with one attached hydrogen (secondary N) is 2. The van der Waals surface area contributed by atoms with Crippen molar-refractivity contribution in [3.8, 4) is 5.75 Å². The van der Waals surface area contributed by atoms with Gasteiger partial charge in [0.05, 0.1) is 12.6 Å². The van der Waals surface area contributed by atoms with E-state index < -0.39 is 0 Å². The van der Waals surface area contributed by atoms with Crippen molar-refractivity contribution < 1.29 is 4.74 Å². The summed E-state index contributed by atoms with van der Waals surface area (Å²) < 4.78 is 5.45. The number of H-pyrrole nitrogens is 1. The highest BCUT2D eigenvalue weighted by atomic mass is 16.5. The second kappa shape index (κ2) is 6.11. The molecule has 1 aromatic heterocycles. The third-order valence-corrected chi connectivity index (χ3v) is 3.69. The minimum atomic E-state index is 0.932. The Morgan fingerprint density at radius 1 is 1.26 bits per heavy atom. The molecule has 0 saturated carbocycles. The maximum Gasteiger partial charge on any atom is 0.142 e. The first-order valence-corrected chi connectivity index (χ1v) is 7.04. The molecule has 2 aromatic rings. The maximum absolute atomic E-state index is 5.45. The Balaban J connectivity index is 2.35. The summed E-state index contributed by atoms with van der Waals surface area (Å²) in [6.07, 6.45) is 2.27. The highest BCUT2D eigenvalue weighted by molar-refractivity contribution is 5.92. The molecule has 104 valence electrons. The molecule has 1 aromatic carbocycles. The van der Waals surface area contributed by atoms with Crippen molar-refractivity contribution in [1.29, 1.82) is 0 Å². The van der Waals surface area contributed by atoms with Gasteiger partial charge in [-0.1, -0.05) is 13.0 Å². The van der Waals surface area contributed by atoms with Gasteiger partial charge in [0.2, 0.25) is 0 Å². The van der Waals surface area contributed by atoms with Gasteiger partial charge in [0.25, 0.3) is 0 Å². The molecule has 0 radical (unpaired) electrons. The number of hydrogen-bond acceptors (Lipinski definition) is 2. The topological polar surface area (TPSA) is 37.0 Å². The number of ether oxygens (including phenoxy) is 1. The molecule has 0 saturated heterocycles. The number of benzene rings is 1. The minimum Gasteiger partial charge on any atom is -0.495 e. The molecule has 3 heteroatoms. The summed E-state index contributed by atoms with van der Waals surface area (Å²) in [6.45, 7) is 8.58. The molecular formula is C16H24N2O. The van der Waals surface area contributed by atoms with Crippen LogP contribution in [0.1, 0.15) is 30.2 Å². The molecule has 1 heterocycles. The molecular weight excluding hydrogens is 236 g/mol. The van der Waals surface area contributed by atoms with Gasteiger partial charge in [-0.05, 0) is 57.0 Å².